The minimum absolute atomic E-state index is 0.340. The SMILES string of the molecule is O=C1C=C(I)C(=O)O1. The largest absolute Gasteiger partial charge is 0.386 e. The third-order valence-corrected chi connectivity index (χ3v) is 1.38. The predicted octanol–water partition coefficient (Wildman–Crippen LogP) is 0.389. The van der Waals surface area contributed by atoms with Gasteiger partial charge >= 0.3 is 11.9 Å². The Bertz CT molecular complexity index is 182. The summed E-state index contributed by atoms with van der Waals surface area (Å²) in [5.41, 5.74) is 0. The molecular weight excluding hydrogens is 223 g/mol. The molecule has 0 unspecified atom stereocenters. The normalized spacial score (nSPS) is 18.4. The van der Waals surface area contributed by atoms with Crippen LogP contribution in [0.5, 0.6) is 0 Å². The van der Waals surface area contributed by atoms with Gasteiger partial charge in [0, 0.05) is 6.08 Å². The Morgan fingerprint density at radius 2 is 2.12 bits per heavy atom. The third-order valence-electron chi connectivity index (χ3n) is 0.633. The Balaban J connectivity index is 2.88. The molecule has 0 saturated heterocycles. The molecule has 0 aliphatic carbocycles. The molecular formula is C4HIO3. The molecule has 1 aliphatic rings. The lowest BCUT2D eigenvalue weighted by atomic mass is 10.6. The maximum absolute atomic E-state index is 10.3. The highest BCUT2D eigenvalue weighted by molar-refractivity contribution is 14.1. The molecule has 42 valence electrons. The van der Waals surface area contributed by atoms with Gasteiger partial charge in [0.1, 0.15) is 3.58 Å². The summed E-state index contributed by atoms with van der Waals surface area (Å²) >= 11 is 1.74. The molecule has 8 heavy (non-hydrogen) atoms. The minimum Gasteiger partial charge on any atom is -0.386 e. The number of halogens is 1. The first-order valence-corrected chi connectivity index (χ1v) is 2.91. The van der Waals surface area contributed by atoms with Gasteiger partial charge in [0.05, 0.1) is 0 Å². The molecule has 4 heteroatoms. The van der Waals surface area contributed by atoms with Crippen LogP contribution in [0.1, 0.15) is 0 Å². The van der Waals surface area contributed by atoms with Crippen molar-refractivity contribution >= 4 is 34.5 Å². The number of esters is 2. The molecule has 0 amide bonds. The van der Waals surface area contributed by atoms with Crippen LogP contribution in [-0.2, 0) is 14.3 Å². The second kappa shape index (κ2) is 1.85. The molecule has 0 N–H and O–H groups in total. The van der Waals surface area contributed by atoms with Crippen LogP contribution in [0.2, 0.25) is 0 Å². The summed E-state index contributed by atoms with van der Waals surface area (Å²) in [7, 11) is 0. The highest BCUT2D eigenvalue weighted by Gasteiger charge is 2.20. The monoisotopic (exact) mass is 224 g/mol. The van der Waals surface area contributed by atoms with Gasteiger partial charge in [-0.05, 0) is 22.6 Å². The standard InChI is InChI=1S/C4HIO3/c5-2-1-3(6)8-4(2)7/h1H. The predicted molar refractivity (Wildman–Crippen MR) is 33.2 cm³/mol. The highest BCUT2D eigenvalue weighted by Crippen LogP contribution is 2.14. The molecule has 0 atom stereocenters. The molecule has 3 nitrogen and oxygen atoms in total. The van der Waals surface area contributed by atoms with Crippen molar-refractivity contribution in [2.45, 2.75) is 0 Å². The van der Waals surface area contributed by atoms with Crippen molar-refractivity contribution in [2.24, 2.45) is 0 Å². The molecule has 1 rings (SSSR count). The summed E-state index contributed by atoms with van der Waals surface area (Å²) in [6.45, 7) is 0. The molecule has 1 heterocycles. The lowest BCUT2D eigenvalue weighted by molar-refractivity contribution is -0.150. The fraction of sp³-hybridized carbons (Fsp3) is 0. The summed E-state index contributed by atoms with van der Waals surface area (Å²) in [6, 6.07) is 0. The lowest BCUT2D eigenvalue weighted by Gasteiger charge is -1.82. The Labute approximate surface area is 58.8 Å². The van der Waals surface area contributed by atoms with Crippen molar-refractivity contribution in [2.75, 3.05) is 0 Å². The first-order valence-electron chi connectivity index (χ1n) is 1.83. The van der Waals surface area contributed by atoms with Crippen molar-refractivity contribution in [3.63, 3.8) is 0 Å². The fourth-order valence-electron chi connectivity index (χ4n) is 0.332. The van der Waals surface area contributed by atoms with E-state index >= 15 is 0 Å². The fourth-order valence-corrected chi connectivity index (χ4v) is 0.696. The summed E-state index contributed by atoms with van der Waals surface area (Å²) in [5, 5.41) is 0. The molecule has 0 radical (unpaired) electrons. The van der Waals surface area contributed by atoms with Gasteiger partial charge in [-0.15, -0.1) is 0 Å². The molecule has 0 aromatic heterocycles. The first-order chi connectivity index (χ1) is 3.70. The molecule has 0 aromatic rings. The van der Waals surface area contributed by atoms with Gasteiger partial charge in [-0.25, -0.2) is 9.59 Å². The van der Waals surface area contributed by atoms with E-state index in [1.807, 2.05) is 0 Å². The van der Waals surface area contributed by atoms with E-state index in [-0.39, 0.29) is 0 Å². The van der Waals surface area contributed by atoms with Crippen LogP contribution in [0.3, 0.4) is 0 Å². The second-order valence-corrected chi connectivity index (χ2v) is 2.36. The van der Waals surface area contributed by atoms with E-state index in [9.17, 15) is 9.59 Å². The van der Waals surface area contributed by atoms with E-state index in [1.165, 1.54) is 0 Å². The Morgan fingerprint density at radius 1 is 1.50 bits per heavy atom. The number of carbonyl (C=O) groups excluding carboxylic acids is 2. The molecule has 0 aromatic carbocycles. The Morgan fingerprint density at radius 3 is 2.25 bits per heavy atom. The van der Waals surface area contributed by atoms with Gasteiger partial charge < -0.3 is 4.74 Å². The summed E-state index contributed by atoms with van der Waals surface area (Å²) < 4.78 is 4.44. The number of hydrogen-bond acceptors (Lipinski definition) is 3. The van der Waals surface area contributed by atoms with Crippen LogP contribution in [0.15, 0.2) is 9.66 Å². The van der Waals surface area contributed by atoms with Crippen molar-refractivity contribution in [3.8, 4) is 0 Å². The van der Waals surface area contributed by atoms with Crippen LogP contribution in [0.4, 0.5) is 0 Å². The summed E-state index contributed by atoms with van der Waals surface area (Å²) in [5.74, 6) is -1.12. The van der Waals surface area contributed by atoms with Crippen LogP contribution >= 0.6 is 22.6 Å². The van der Waals surface area contributed by atoms with E-state index in [0.29, 0.717) is 3.58 Å². The third kappa shape index (κ3) is 0.885. The maximum atomic E-state index is 10.3. The smallest absolute Gasteiger partial charge is 0.352 e. The van der Waals surface area contributed by atoms with Gasteiger partial charge in [0.25, 0.3) is 0 Å². The average molecular weight is 224 g/mol. The van der Waals surface area contributed by atoms with Crippen LogP contribution < -0.4 is 0 Å². The zero-order valence-corrected chi connectivity index (χ0v) is 5.84. The van der Waals surface area contributed by atoms with E-state index < -0.39 is 11.9 Å². The maximum Gasteiger partial charge on any atom is 0.352 e. The molecule has 0 fully saturated rings. The summed E-state index contributed by atoms with van der Waals surface area (Å²) in [6.07, 6.45) is 1.16. The van der Waals surface area contributed by atoms with Crippen LogP contribution in [-0.4, -0.2) is 11.9 Å². The number of cyclic esters (lactones) is 2. The second-order valence-electron chi connectivity index (χ2n) is 1.20. The zero-order chi connectivity index (χ0) is 6.15. The van der Waals surface area contributed by atoms with Crippen LogP contribution in [0.25, 0.3) is 0 Å². The number of hydrogen-bond donors (Lipinski definition) is 0. The number of ether oxygens (including phenoxy) is 1. The topological polar surface area (TPSA) is 43.4 Å². The summed E-state index contributed by atoms with van der Waals surface area (Å²) in [4.78, 5) is 20.4. The van der Waals surface area contributed by atoms with Crippen molar-refractivity contribution < 1.29 is 14.3 Å². The van der Waals surface area contributed by atoms with E-state index in [0.717, 1.165) is 6.08 Å². The van der Waals surface area contributed by atoms with Gasteiger partial charge in [0.2, 0.25) is 0 Å². The highest BCUT2D eigenvalue weighted by atomic mass is 127. The zero-order valence-electron chi connectivity index (χ0n) is 3.68. The van der Waals surface area contributed by atoms with Crippen LogP contribution in [0, 0.1) is 0 Å². The molecule has 0 spiro atoms. The van der Waals surface area contributed by atoms with Crippen molar-refractivity contribution in [1.82, 2.24) is 0 Å². The Kier molecular flexibility index (Phi) is 1.33. The van der Waals surface area contributed by atoms with Gasteiger partial charge in [-0.1, -0.05) is 0 Å². The average Bonchev–Trinajstić information content (AvgIpc) is 1.85. The van der Waals surface area contributed by atoms with Gasteiger partial charge in [-0.2, -0.15) is 0 Å². The van der Waals surface area contributed by atoms with Gasteiger partial charge in [-0.3, -0.25) is 0 Å². The Hall–Kier alpha value is -0.390. The molecule has 0 saturated carbocycles. The number of carbonyl (C=O) groups is 2. The number of rotatable bonds is 0. The van der Waals surface area contributed by atoms with E-state index in [1.54, 1.807) is 22.6 Å². The quantitative estimate of drug-likeness (QED) is 0.339. The molecule has 1 aliphatic heterocycles. The lowest BCUT2D eigenvalue weighted by Crippen LogP contribution is -1.98. The molecule has 0 bridgehead atoms. The minimum atomic E-state index is -0.570. The van der Waals surface area contributed by atoms with E-state index in [4.69, 9.17) is 0 Å². The van der Waals surface area contributed by atoms with Gasteiger partial charge in [0.15, 0.2) is 0 Å². The van der Waals surface area contributed by atoms with E-state index in [2.05, 4.69) is 4.74 Å². The first kappa shape index (κ1) is 5.74. The van der Waals surface area contributed by atoms with Crippen molar-refractivity contribution in [1.29, 1.82) is 0 Å². The van der Waals surface area contributed by atoms with Crippen molar-refractivity contribution in [3.05, 3.63) is 9.66 Å².